The molecule has 3 fully saturated rings. The number of hydrogen-bond acceptors (Lipinski definition) is 5. The minimum atomic E-state index is -4.65. The summed E-state index contributed by atoms with van der Waals surface area (Å²) in [6.45, 7) is 6.16. The topological polar surface area (TPSA) is 74.8 Å². The van der Waals surface area contributed by atoms with E-state index in [2.05, 4.69) is 29.0 Å². The van der Waals surface area contributed by atoms with Gasteiger partial charge < -0.3 is 19.9 Å². The van der Waals surface area contributed by atoms with E-state index in [9.17, 15) is 22.8 Å². The number of nitrogens with one attached hydrogen (secondary N) is 1. The van der Waals surface area contributed by atoms with Gasteiger partial charge in [0, 0.05) is 24.7 Å². The molecule has 0 radical (unpaired) electrons. The number of aromatic nitrogens is 1. The first-order valence-corrected chi connectivity index (χ1v) is 13.8. The number of amides is 2. The highest BCUT2D eigenvalue weighted by molar-refractivity contribution is 6.07. The van der Waals surface area contributed by atoms with E-state index in [4.69, 9.17) is 4.74 Å². The average Bonchev–Trinajstić information content (AvgIpc) is 3.63. The molecule has 1 aliphatic carbocycles. The SMILES string of the molecule is CC(C)C1CCC(N2Cc3cc(NC(=O)c4cccc(C(F)(F)F)n4)c(N4C[C@@H]5C[C@H]4CO5)cc3C2=O)CC1. The molecule has 39 heavy (non-hydrogen) atoms. The predicted molar refractivity (Wildman–Crippen MR) is 140 cm³/mol. The number of morpholine rings is 1. The largest absolute Gasteiger partial charge is 0.433 e. The van der Waals surface area contributed by atoms with Crippen LogP contribution in [0.4, 0.5) is 24.5 Å². The minimum Gasteiger partial charge on any atom is -0.374 e. The standard InChI is InChI=1S/C29H33F3N4O3/c1-16(2)17-6-8-19(9-7-17)36-13-18-10-24(34-27(37)23-4-3-5-26(33-23)29(30,31)32)25(12-22(18)28(36)38)35-14-21-11-20(35)15-39-21/h3-5,10,12,16-17,19-21H,6-9,11,13-15H2,1-2H3,(H,34,37)/t17?,19?,20-,21-/m0/s1. The van der Waals surface area contributed by atoms with E-state index in [0.717, 1.165) is 43.7 Å². The fourth-order valence-electron chi connectivity index (χ4n) is 6.69. The van der Waals surface area contributed by atoms with E-state index in [1.54, 1.807) is 0 Å². The van der Waals surface area contributed by atoms with Crippen molar-refractivity contribution in [2.75, 3.05) is 23.4 Å². The Morgan fingerprint density at radius 1 is 1.10 bits per heavy atom. The smallest absolute Gasteiger partial charge is 0.374 e. The van der Waals surface area contributed by atoms with Crippen LogP contribution in [0.1, 0.15) is 78.1 Å². The third-order valence-corrected chi connectivity index (χ3v) is 8.91. The quantitative estimate of drug-likeness (QED) is 0.540. The molecule has 2 bridgehead atoms. The number of nitrogens with zero attached hydrogens (tertiary/aromatic N) is 3. The van der Waals surface area contributed by atoms with Crippen molar-refractivity contribution in [3.8, 4) is 0 Å². The van der Waals surface area contributed by atoms with Crippen molar-refractivity contribution in [1.29, 1.82) is 0 Å². The van der Waals surface area contributed by atoms with Gasteiger partial charge in [0.15, 0.2) is 0 Å². The number of benzene rings is 1. The lowest BCUT2D eigenvalue weighted by atomic mass is 9.79. The fraction of sp³-hybridized carbons (Fsp3) is 0.552. The fourth-order valence-corrected chi connectivity index (χ4v) is 6.69. The molecule has 2 atom stereocenters. The van der Waals surface area contributed by atoms with Crippen LogP contribution in [0.25, 0.3) is 0 Å². The van der Waals surface area contributed by atoms with E-state index >= 15 is 0 Å². The molecular weight excluding hydrogens is 509 g/mol. The van der Waals surface area contributed by atoms with Gasteiger partial charge in [-0.05, 0) is 73.8 Å². The van der Waals surface area contributed by atoms with Gasteiger partial charge in [-0.25, -0.2) is 4.98 Å². The summed E-state index contributed by atoms with van der Waals surface area (Å²) >= 11 is 0. The van der Waals surface area contributed by atoms with Crippen LogP contribution in [0.15, 0.2) is 30.3 Å². The third kappa shape index (κ3) is 4.88. The van der Waals surface area contributed by atoms with Crippen LogP contribution in [-0.4, -0.2) is 53.0 Å². The van der Waals surface area contributed by atoms with Crippen molar-refractivity contribution >= 4 is 23.2 Å². The summed E-state index contributed by atoms with van der Waals surface area (Å²) in [5.74, 6) is 0.609. The van der Waals surface area contributed by atoms with Crippen LogP contribution in [0.5, 0.6) is 0 Å². The van der Waals surface area contributed by atoms with Crippen LogP contribution in [-0.2, 0) is 17.5 Å². The lowest BCUT2D eigenvalue weighted by molar-refractivity contribution is -0.141. The van der Waals surface area contributed by atoms with E-state index < -0.39 is 17.8 Å². The van der Waals surface area contributed by atoms with Gasteiger partial charge >= 0.3 is 6.18 Å². The Morgan fingerprint density at radius 2 is 1.87 bits per heavy atom. The second kappa shape index (κ2) is 9.80. The second-order valence-electron chi connectivity index (χ2n) is 11.6. The molecule has 2 aromatic rings. The highest BCUT2D eigenvalue weighted by Gasteiger charge is 2.42. The van der Waals surface area contributed by atoms with Crippen LogP contribution in [0.2, 0.25) is 0 Å². The molecule has 208 valence electrons. The lowest BCUT2D eigenvalue weighted by Crippen LogP contribution is -2.39. The molecular formula is C29H33F3N4O3. The van der Waals surface area contributed by atoms with Gasteiger partial charge in [0.25, 0.3) is 11.8 Å². The molecule has 1 aromatic carbocycles. The molecule has 1 N–H and O–H groups in total. The number of carbonyl (C=O) groups is 2. The number of rotatable bonds is 5. The van der Waals surface area contributed by atoms with E-state index in [-0.39, 0.29) is 29.8 Å². The Balaban J connectivity index is 1.29. The highest BCUT2D eigenvalue weighted by Crippen LogP contribution is 2.42. The van der Waals surface area contributed by atoms with Crippen molar-refractivity contribution in [3.05, 3.63) is 52.8 Å². The molecule has 4 aliphatic rings. The molecule has 2 saturated heterocycles. The van der Waals surface area contributed by atoms with Gasteiger partial charge in [0.05, 0.1) is 30.1 Å². The van der Waals surface area contributed by atoms with Gasteiger partial charge in [0.2, 0.25) is 0 Å². The Hall–Kier alpha value is -3.14. The first kappa shape index (κ1) is 26.1. The number of alkyl halides is 3. The zero-order chi connectivity index (χ0) is 27.5. The van der Waals surface area contributed by atoms with Crippen LogP contribution in [0.3, 0.4) is 0 Å². The van der Waals surface area contributed by atoms with Gasteiger partial charge in [0.1, 0.15) is 11.4 Å². The molecule has 0 unspecified atom stereocenters. The molecule has 0 spiro atoms. The number of ether oxygens (including phenoxy) is 1. The van der Waals surface area contributed by atoms with Crippen molar-refractivity contribution in [2.24, 2.45) is 11.8 Å². The summed E-state index contributed by atoms with van der Waals surface area (Å²) in [6, 6.07) is 7.26. The highest BCUT2D eigenvalue weighted by atomic mass is 19.4. The van der Waals surface area contributed by atoms with E-state index in [1.165, 1.54) is 12.1 Å². The maximum Gasteiger partial charge on any atom is 0.433 e. The summed E-state index contributed by atoms with van der Waals surface area (Å²) in [6.07, 6.45) is 0.466. The summed E-state index contributed by atoms with van der Waals surface area (Å²) in [5.41, 5.74) is 1.19. The molecule has 10 heteroatoms. The zero-order valence-electron chi connectivity index (χ0n) is 22.1. The number of anilines is 2. The number of hydrogen-bond donors (Lipinski definition) is 1. The van der Waals surface area contributed by atoms with Crippen LogP contribution in [0, 0.1) is 11.8 Å². The Labute approximate surface area is 225 Å². The summed E-state index contributed by atoms with van der Waals surface area (Å²) in [7, 11) is 0. The zero-order valence-corrected chi connectivity index (χ0v) is 22.1. The summed E-state index contributed by atoms with van der Waals surface area (Å²) < 4.78 is 45.4. The number of carbonyl (C=O) groups excluding carboxylic acids is 2. The van der Waals surface area contributed by atoms with Gasteiger partial charge in [-0.1, -0.05) is 19.9 Å². The van der Waals surface area contributed by atoms with Gasteiger partial charge in [-0.2, -0.15) is 13.2 Å². The predicted octanol–water partition coefficient (Wildman–Crippen LogP) is 5.50. The molecule has 4 heterocycles. The van der Waals surface area contributed by atoms with Crippen molar-refractivity contribution in [2.45, 2.75) is 76.9 Å². The minimum absolute atomic E-state index is 0.0114. The molecule has 7 nitrogen and oxygen atoms in total. The summed E-state index contributed by atoms with van der Waals surface area (Å²) in [4.78, 5) is 34.4. The van der Waals surface area contributed by atoms with Crippen molar-refractivity contribution in [3.63, 3.8) is 0 Å². The lowest BCUT2D eigenvalue weighted by Gasteiger charge is -2.36. The molecule has 6 rings (SSSR count). The number of fused-ring (bicyclic) bond motifs is 3. The van der Waals surface area contributed by atoms with Crippen LogP contribution >= 0.6 is 0 Å². The Bertz CT molecular complexity index is 1290. The number of pyridine rings is 1. The van der Waals surface area contributed by atoms with Crippen molar-refractivity contribution < 1.29 is 27.5 Å². The maximum absolute atomic E-state index is 13.6. The monoisotopic (exact) mass is 542 g/mol. The number of halogens is 3. The summed E-state index contributed by atoms with van der Waals surface area (Å²) in [5, 5.41) is 2.82. The van der Waals surface area contributed by atoms with E-state index in [0.29, 0.717) is 48.5 Å². The maximum atomic E-state index is 13.6. The third-order valence-electron chi connectivity index (χ3n) is 8.91. The Kier molecular flexibility index (Phi) is 6.56. The normalized spacial score (nSPS) is 26.5. The Morgan fingerprint density at radius 3 is 2.51 bits per heavy atom. The van der Waals surface area contributed by atoms with Crippen molar-refractivity contribution in [1.82, 2.24) is 9.88 Å². The average molecular weight is 543 g/mol. The van der Waals surface area contributed by atoms with Crippen LogP contribution < -0.4 is 10.2 Å². The molecule has 1 aromatic heterocycles. The van der Waals surface area contributed by atoms with Gasteiger partial charge in [-0.3, -0.25) is 9.59 Å². The first-order chi connectivity index (χ1) is 18.6. The second-order valence-corrected chi connectivity index (χ2v) is 11.6. The molecule has 2 amide bonds. The van der Waals surface area contributed by atoms with Gasteiger partial charge in [-0.15, -0.1) is 0 Å². The first-order valence-electron chi connectivity index (χ1n) is 13.8. The molecule has 3 aliphatic heterocycles. The molecule has 1 saturated carbocycles. The van der Waals surface area contributed by atoms with E-state index in [1.807, 2.05) is 17.0 Å².